The summed E-state index contributed by atoms with van der Waals surface area (Å²) in [6.45, 7) is 9.83. The second-order valence-electron chi connectivity index (χ2n) is 9.02. The molecule has 0 heterocycles. The molecule has 2 nitrogen and oxygen atoms in total. The zero-order valence-corrected chi connectivity index (χ0v) is 20.7. The molecule has 0 amide bonds. The highest BCUT2D eigenvalue weighted by Crippen LogP contribution is 2.37. The van der Waals surface area contributed by atoms with Crippen LogP contribution in [0.2, 0.25) is 5.04 Å². The zero-order chi connectivity index (χ0) is 22.9. The quantitative estimate of drug-likeness (QED) is 0.319. The second-order valence-corrected chi connectivity index (χ2v) is 13.3. The van der Waals surface area contributed by atoms with Gasteiger partial charge in [0.1, 0.15) is 0 Å². The van der Waals surface area contributed by atoms with E-state index in [1.165, 1.54) is 10.4 Å². The number of rotatable bonds is 9. The van der Waals surface area contributed by atoms with E-state index in [4.69, 9.17) is 9.16 Å². The molecule has 0 radical (unpaired) electrons. The molecule has 0 unspecified atom stereocenters. The molecule has 0 aliphatic carbocycles. The molecular weight excluding hydrogens is 408 g/mol. The van der Waals surface area contributed by atoms with Gasteiger partial charge < -0.3 is 9.16 Å². The van der Waals surface area contributed by atoms with Crippen molar-refractivity contribution in [3.8, 4) is 11.8 Å². The lowest BCUT2D eigenvalue weighted by Gasteiger charge is -2.43. The molecule has 3 aromatic carbocycles. The van der Waals surface area contributed by atoms with E-state index in [0.29, 0.717) is 19.6 Å². The largest absolute Gasteiger partial charge is 0.405 e. The van der Waals surface area contributed by atoms with E-state index in [2.05, 4.69) is 105 Å². The number of ether oxygens (including phenoxy) is 1. The highest BCUT2D eigenvalue weighted by atomic mass is 28.4. The predicted octanol–water partition coefficient (Wildman–Crippen LogP) is 5.56. The molecule has 0 saturated carbocycles. The zero-order valence-electron chi connectivity index (χ0n) is 19.7. The molecule has 0 aliphatic heterocycles. The predicted molar refractivity (Wildman–Crippen MR) is 137 cm³/mol. The highest BCUT2D eigenvalue weighted by molar-refractivity contribution is 6.99. The first kappa shape index (κ1) is 24.0. The lowest BCUT2D eigenvalue weighted by Crippen LogP contribution is -2.67. The molecule has 3 heteroatoms. The van der Waals surface area contributed by atoms with E-state index in [1.807, 2.05) is 25.1 Å². The molecule has 3 aromatic rings. The molecule has 0 spiro atoms. The molecule has 0 fully saturated rings. The molecular formula is C29H34O2Si. The smallest absolute Gasteiger partial charge is 0.261 e. The summed E-state index contributed by atoms with van der Waals surface area (Å²) in [5, 5.41) is 2.50. The van der Waals surface area contributed by atoms with Gasteiger partial charge in [-0.15, -0.1) is 11.8 Å². The van der Waals surface area contributed by atoms with Gasteiger partial charge in [-0.25, -0.2) is 0 Å². The summed E-state index contributed by atoms with van der Waals surface area (Å²) in [6, 6.07) is 31.7. The maximum atomic E-state index is 7.06. The Morgan fingerprint density at radius 1 is 0.781 bits per heavy atom. The molecule has 0 aliphatic rings. The Labute approximate surface area is 194 Å². The average molecular weight is 443 g/mol. The summed E-state index contributed by atoms with van der Waals surface area (Å²) in [5.41, 5.74) is 1.16. The minimum atomic E-state index is -2.59. The van der Waals surface area contributed by atoms with Gasteiger partial charge in [-0.2, -0.15) is 0 Å². The van der Waals surface area contributed by atoms with Gasteiger partial charge in [-0.05, 0) is 27.9 Å². The Balaban J connectivity index is 1.92. The van der Waals surface area contributed by atoms with Crippen LogP contribution in [-0.2, 0) is 15.8 Å². The summed E-state index contributed by atoms with van der Waals surface area (Å²) in [5.74, 6) is 6.21. The molecule has 166 valence electrons. The molecule has 0 saturated heterocycles. The fourth-order valence-corrected chi connectivity index (χ4v) is 8.74. The van der Waals surface area contributed by atoms with Crippen molar-refractivity contribution in [2.45, 2.75) is 51.9 Å². The van der Waals surface area contributed by atoms with Crippen molar-refractivity contribution in [2.24, 2.45) is 0 Å². The fraction of sp³-hybridized carbons (Fsp3) is 0.310. The van der Waals surface area contributed by atoms with Gasteiger partial charge in [-0.3, -0.25) is 0 Å². The minimum Gasteiger partial charge on any atom is -0.405 e. The maximum absolute atomic E-state index is 7.06. The summed E-state index contributed by atoms with van der Waals surface area (Å²) in [7, 11) is -2.59. The van der Waals surface area contributed by atoms with Crippen LogP contribution in [0.3, 0.4) is 0 Å². The van der Waals surface area contributed by atoms with Gasteiger partial charge in [0.05, 0.1) is 19.3 Å². The van der Waals surface area contributed by atoms with Crippen LogP contribution in [0, 0.1) is 11.8 Å². The topological polar surface area (TPSA) is 18.5 Å². The van der Waals surface area contributed by atoms with E-state index in [1.54, 1.807) is 0 Å². The lowest BCUT2D eigenvalue weighted by atomic mass is 10.2. The Morgan fingerprint density at radius 2 is 1.28 bits per heavy atom. The van der Waals surface area contributed by atoms with Crippen LogP contribution in [0.25, 0.3) is 0 Å². The monoisotopic (exact) mass is 442 g/mol. The summed E-state index contributed by atoms with van der Waals surface area (Å²) >= 11 is 0. The van der Waals surface area contributed by atoms with E-state index in [9.17, 15) is 0 Å². The van der Waals surface area contributed by atoms with Gasteiger partial charge in [0.25, 0.3) is 8.32 Å². The van der Waals surface area contributed by atoms with Gasteiger partial charge >= 0.3 is 0 Å². The van der Waals surface area contributed by atoms with E-state index < -0.39 is 8.32 Å². The first-order valence-corrected chi connectivity index (χ1v) is 13.2. The van der Waals surface area contributed by atoms with Crippen molar-refractivity contribution in [2.75, 3.05) is 6.61 Å². The lowest BCUT2D eigenvalue weighted by molar-refractivity contribution is 0.0103. The SMILES string of the molecule is CC#CC[C@H](CO[Si](c1ccccc1)(c1ccccc1)C(C)(C)C)OCc1ccccc1. The average Bonchev–Trinajstić information content (AvgIpc) is 2.82. The molecule has 3 rings (SSSR count). The van der Waals surface area contributed by atoms with Crippen LogP contribution in [-0.4, -0.2) is 21.0 Å². The van der Waals surface area contributed by atoms with Crippen molar-refractivity contribution >= 4 is 18.7 Å². The first-order chi connectivity index (χ1) is 15.5. The fourth-order valence-electron chi connectivity index (χ4n) is 4.15. The number of hydrogen-bond acceptors (Lipinski definition) is 2. The number of benzene rings is 3. The van der Waals surface area contributed by atoms with Crippen molar-refractivity contribution < 1.29 is 9.16 Å². The van der Waals surface area contributed by atoms with Crippen LogP contribution < -0.4 is 10.4 Å². The molecule has 0 N–H and O–H groups in total. The van der Waals surface area contributed by atoms with Crippen molar-refractivity contribution in [1.82, 2.24) is 0 Å². The Kier molecular flexibility index (Phi) is 8.47. The molecule has 32 heavy (non-hydrogen) atoms. The minimum absolute atomic E-state index is 0.0594. The van der Waals surface area contributed by atoms with Crippen LogP contribution in [0.4, 0.5) is 0 Å². The third-order valence-electron chi connectivity index (χ3n) is 5.74. The van der Waals surface area contributed by atoms with E-state index >= 15 is 0 Å². The van der Waals surface area contributed by atoms with E-state index in [-0.39, 0.29) is 11.1 Å². The Morgan fingerprint density at radius 3 is 1.75 bits per heavy atom. The van der Waals surface area contributed by atoms with Crippen molar-refractivity contribution in [1.29, 1.82) is 0 Å². The standard InChI is InChI=1S/C29H34O2Si/c1-5-6-18-26(30-23-25-16-10-7-11-17-25)24-31-32(29(2,3)4,27-19-12-8-13-20-27)28-21-14-9-15-22-28/h7-17,19-22,26H,18,23-24H2,1-4H3/t26-/m1/s1. The maximum Gasteiger partial charge on any atom is 0.261 e. The molecule has 0 bridgehead atoms. The Hall–Kier alpha value is -2.64. The second kappa shape index (κ2) is 11.3. The van der Waals surface area contributed by atoms with Gasteiger partial charge in [0.2, 0.25) is 0 Å². The first-order valence-electron chi connectivity index (χ1n) is 11.3. The molecule has 1 atom stereocenters. The highest BCUT2D eigenvalue weighted by Gasteiger charge is 2.50. The molecule has 0 aromatic heterocycles. The van der Waals surface area contributed by atoms with Crippen LogP contribution >= 0.6 is 0 Å². The Bertz CT molecular complexity index is 960. The summed E-state index contributed by atoms with van der Waals surface area (Å²) < 4.78 is 13.4. The van der Waals surface area contributed by atoms with Crippen molar-refractivity contribution in [3.63, 3.8) is 0 Å². The van der Waals surface area contributed by atoms with E-state index in [0.717, 1.165) is 5.56 Å². The van der Waals surface area contributed by atoms with Gasteiger partial charge in [-0.1, -0.05) is 112 Å². The van der Waals surface area contributed by atoms with Gasteiger partial charge in [0.15, 0.2) is 0 Å². The summed E-state index contributed by atoms with van der Waals surface area (Å²) in [4.78, 5) is 0. The van der Waals surface area contributed by atoms with Crippen LogP contribution in [0.5, 0.6) is 0 Å². The normalized spacial score (nSPS) is 12.6. The van der Waals surface area contributed by atoms with Gasteiger partial charge in [0, 0.05) is 6.42 Å². The van der Waals surface area contributed by atoms with Crippen LogP contribution in [0.1, 0.15) is 39.7 Å². The third kappa shape index (κ3) is 5.78. The summed E-state index contributed by atoms with van der Waals surface area (Å²) in [6.07, 6.45) is 0.561. The number of hydrogen-bond donors (Lipinski definition) is 0. The van der Waals surface area contributed by atoms with Crippen molar-refractivity contribution in [3.05, 3.63) is 96.6 Å². The van der Waals surface area contributed by atoms with Crippen LogP contribution in [0.15, 0.2) is 91.0 Å². The third-order valence-corrected chi connectivity index (χ3v) is 10.7.